The van der Waals surface area contributed by atoms with E-state index < -0.39 is 0 Å². The zero-order valence-corrected chi connectivity index (χ0v) is 24.2. The maximum Gasteiger partial charge on any atom is 2.00 e. The topological polar surface area (TPSA) is 106 Å². The van der Waals surface area contributed by atoms with Gasteiger partial charge in [0.15, 0.2) is 0 Å². The SMILES string of the molecule is [Cu+2].c1ccc2c(c1)-c1nc-2nc2[n-]c(nc3nc(nc4[n-]c(n1)c1ccccc41)-c1ccccc1-3)c1cc3ccccc3cc21. The number of aromatic nitrogens is 8. The Hall–Kier alpha value is -5.76. The van der Waals surface area contributed by atoms with Gasteiger partial charge in [-0.3, -0.25) is 0 Å². The van der Waals surface area contributed by atoms with E-state index in [4.69, 9.17) is 39.9 Å². The molecule has 0 fully saturated rings. The van der Waals surface area contributed by atoms with Crippen LogP contribution in [0.25, 0.3) is 100 Å². The molecule has 0 saturated heterocycles. The van der Waals surface area contributed by atoms with Crippen LogP contribution >= 0.6 is 0 Å². The zero-order valence-electron chi connectivity index (χ0n) is 23.3. The van der Waals surface area contributed by atoms with Crippen LogP contribution < -0.4 is 9.97 Å². The molecular weight excluding hydrogens is 608 g/mol. The van der Waals surface area contributed by atoms with Gasteiger partial charge in [-0.2, -0.15) is 0 Å². The average Bonchev–Trinajstić information content (AvgIpc) is 3.79. The zero-order chi connectivity index (χ0) is 28.8. The van der Waals surface area contributed by atoms with Crippen molar-refractivity contribution in [2.45, 2.75) is 0 Å². The Balaban J connectivity index is 0.00000281. The molecule has 5 aromatic carbocycles. The quantitative estimate of drug-likeness (QED) is 0.162. The Labute approximate surface area is 265 Å². The monoisotopic (exact) mass is 625 g/mol. The summed E-state index contributed by atoms with van der Waals surface area (Å²) < 4.78 is 0. The molecule has 8 nitrogen and oxygen atoms in total. The maximum absolute atomic E-state index is 5.06. The van der Waals surface area contributed by atoms with Crippen LogP contribution in [0.2, 0.25) is 0 Å². The Morgan fingerprint density at radius 3 is 1.02 bits per heavy atom. The second kappa shape index (κ2) is 9.62. The van der Waals surface area contributed by atoms with Gasteiger partial charge in [0, 0.05) is 44.8 Å². The van der Waals surface area contributed by atoms with E-state index in [1.165, 1.54) is 0 Å². The molecule has 213 valence electrons. The van der Waals surface area contributed by atoms with E-state index >= 15 is 0 Å². The van der Waals surface area contributed by atoms with E-state index in [9.17, 15) is 0 Å². The van der Waals surface area contributed by atoms with Crippen LogP contribution in [0.4, 0.5) is 0 Å². The van der Waals surface area contributed by atoms with Crippen molar-refractivity contribution in [1.82, 2.24) is 39.9 Å². The Morgan fingerprint density at radius 1 is 0.333 bits per heavy atom. The van der Waals surface area contributed by atoms with Gasteiger partial charge in [0.1, 0.15) is 0 Å². The standard InChI is InChI=1S/C36H18N8.Cu/c1-2-10-20-18-28-27(17-19(20)9-1)35-42-33-25-15-7-5-13-23(25)31(40-33)38-29-21-11-3-4-12-22(21)30(37-29)39-32-24-14-6-8-16-26(24)34(41-32)43-36(28)44-35;/h1-18H;/q-2;+2. The Kier molecular flexibility index (Phi) is 5.50. The van der Waals surface area contributed by atoms with Gasteiger partial charge in [-0.15, -0.1) is 0 Å². The predicted octanol–water partition coefficient (Wildman–Crippen LogP) is 7.28. The molecule has 0 spiro atoms. The van der Waals surface area contributed by atoms with Crippen molar-refractivity contribution in [3.05, 3.63) is 109 Å². The largest absolute Gasteiger partial charge is 2.00 e. The van der Waals surface area contributed by atoms with Gasteiger partial charge in [-0.05, 0) is 44.5 Å². The minimum atomic E-state index is 0. The molecule has 2 aliphatic heterocycles. The van der Waals surface area contributed by atoms with E-state index in [1.54, 1.807) is 0 Å². The van der Waals surface area contributed by atoms with Gasteiger partial charge in [-0.1, -0.05) is 97.1 Å². The number of hydrogen-bond acceptors (Lipinski definition) is 6. The molecule has 0 atom stereocenters. The third-order valence-corrected chi connectivity index (χ3v) is 8.29. The second-order valence-corrected chi connectivity index (χ2v) is 10.9. The van der Waals surface area contributed by atoms with Crippen molar-refractivity contribution >= 4 is 54.9 Å². The smallest absolute Gasteiger partial charge is 0.357 e. The summed E-state index contributed by atoms with van der Waals surface area (Å²) in [5.74, 6) is 2.19. The first-order chi connectivity index (χ1) is 21.8. The molecule has 10 rings (SSSR count). The van der Waals surface area contributed by atoms with Gasteiger partial charge >= 0.3 is 17.1 Å². The van der Waals surface area contributed by atoms with Gasteiger partial charge in [0.05, 0.1) is 23.3 Å². The number of nitrogens with zero attached hydrogens (tertiary/aromatic N) is 8. The molecule has 0 N–H and O–H groups in total. The van der Waals surface area contributed by atoms with E-state index in [0.717, 1.165) is 54.6 Å². The summed E-state index contributed by atoms with van der Waals surface area (Å²) in [5.41, 5.74) is 5.75. The molecule has 3 aromatic heterocycles. The number of hydrogen-bond donors (Lipinski definition) is 0. The molecule has 0 amide bonds. The van der Waals surface area contributed by atoms with Crippen LogP contribution in [0.3, 0.4) is 0 Å². The van der Waals surface area contributed by atoms with Crippen LogP contribution in [-0.4, -0.2) is 29.9 Å². The van der Waals surface area contributed by atoms with E-state index in [0.29, 0.717) is 45.9 Å². The molecule has 1 radical (unpaired) electrons. The van der Waals surface area contributed by atoms with Crippen LogP contribution in [-0.2, 0) is 17.1 Å². The molecule has 45 heavy (non-hydrogen) atoms. The summed E-state index contributed by atoms with van der Waals surface area (Å²) in [6.07, 6.45) is 0. The van der Waals surface area contributed by atoms with E-state index in [2.05, 4.69) is 24.3 Å². The molecule has 8 aromatic rings. The van der Waals surface area contributed by atoms with Crippen molar-refractivity contribution in [2.75, 3.05) is 0 Å². The summed E-state index contributed by atoms with van der Waals surface area (Å²) in [5, 5.41) is 5.76. The summed E-state index contributed by atoms with van der Waals surface area (Å²) in [4.78, 5) is 39.8. The van der Waals surface area contributed by atoms with Crippen molar-refractivity contribution in [3.63, 3.8) is 0 Å². The first-order valence-corrected chi connectivity index (χ1v) is 14.3. The van der Waals surface area contributed by atoms with Crippen molar-refractivity contribution < 1.29 is 17.1 Å². The first kappa shape index (κ1) is 25.7. The van der Waals surface area contributed by atoms with Gasteiger partial charge in [0.2, 0.25) is 0 Å². The number of fused-ring (bicyclic) bond motifs is 21. The van der Waals surface area contributed by atoms with Gasteiger partial charge < -0.3 is 29.9 Å². The molecule has 0 unspecified atom stereocenters. The fourth-order valence-electron chi connectivity index (χ4n) is 6.20. The average molecular weight is 626 g/mol. The summed E-state index contributed by atoms with van der Waals surface area (Å²) >= 11 is 0. The minimum Gasteiger partial charge on any atom is -0.357 e. The van der Waals surface area contributed by atoms with Crippen LogP contribution in [0, 0.1) is 0 Å². The molecule has 0 aliphatic carbocycles. The number of benzene rings is 5. The van der Waals surface area contributed by atoms with Crippen LogP contribution in [0.15, 0.2) is 109 Å². The molecular formula is C36H18CuN8. The number of rotatable bonds is 0. The van der Waals surface area contributed by atoms with Crippen LogP contribution in [0.1, 0.15) is 0 Å². The fourth-order valence-corrected chi connectivity index (χ4v) is 6.20. The fraction of sp³-hybridized carbons (Fsp3) is 0. The van der Waals surface area contributed by atoms with Crippen molar-refractivity contribution in [1.29, 1.82) is 0 Å². The first-order valence-electron chi connectivity index (χ1n) is 14.3. The van der Waals surface area contributed by atoms with Crippen LogP contribution in [0.5, 0.6) is 0 Å². The summed E-state index contributed by atoms with van der Waals surface area (Å²) in [7, 11) is 0. The molecule has 5 heterocycles. The van der Waals surface area contributed by atoms with Gasteiger partial charge in [0.25, 0.3) is 0 Å². The molecule has 0 saturated carbocycles. The Bertz CT molecular complexity index is 2510. The van der Waals surface area contributed by atoms with E-state index in [1.807, 2.05) is 84.9 Å². The summed E-state index contributed by atoms with van der Waals surface area (Å²) in [6.45, 7) is 0. The normalized spacial score (nSPS) is 11.8. The third-order valence-electron chi connectivity index (χ3n) is 8.29. The molecule has 2 aliphatic rings. The minimum absolute atomic E-state index is 0. The molecule has 8 bridgehead atoms. The third kappa shape index (κ3) is 3.85. The second-order valence-electron chi connectivity index (χ2n) is 10.9. The Morgan fingerprint density at radius 2 is 0.644 bits per heavy atom. The predicted molar refractivity (Wildman–Crippen MR) is 171 cm³/mol. The maximum atomic E-state index is 5.06. The van der Waals surface area contributed by atoms with Crippen molar-refractivity contribution in [2.24, 2.45) is 0 Å². The molecule has 9 heteroatoms. The van der Waals surface area contributed by atoms with E-state index in [-0.39, 0.29) is 17.1 Å². The summed E-state index contributed by atoms with van der Waals surface area (Å²) in [6, 6.07) is 36.5. The van der Waals surface area contributed by atoms with Gasteiger partial charge in [-0.25, -0.2) is 9.97 Å². The van der Waals surface area contributed by atoms with Crippen molar-refractivity contribution in [3.8, 4) is 45.6 Å².